The van der Waals surface area contributed by atoms with Crippen molar-refractivity contribution in [2.45, 2.75) is 45.1 Å². The number of nitrogens with one attached hydrogen (secondary N) is 2. The molecule has 2 aromatic carbocycles. The number of anilines is 1. The molecule has 0 radical (unpaired) electrons. The number of fused-ring (bicyclic) bond motifs is 1. The molecule has 0 saturated carbocycles. The summed E-state index contributed by atoms with van der Waals surface area (Å²) in [4.78, 5) is 27.1. The highest BCUT2D eigenvalue weighted by Crippen LogP contribution is 2.32. The summed E-state index contributed by atoms with van der Waals surface area (Å²) in [7, 11) is -3.91. The lowest BCUT2D eigenvalue weighted by atomic mass is 9.87. The number of carbonyl (C=O) groups excluding carboxylic acids is 2. The van der Waals surface area contributed by atoms with Gasteiger partial charge in [-0.15, -0.1) is 0 Å². The number of hydrogen-bond donors (Lipinski definition) is 2. The maximum Gasteiger partial charge on any atom is 0.409 e. The van der Waals surface area contributed by atoms with Crippen LogP contribution in [0.4, 0.5) is 10.5 Å². The van der Waals surface area contributed by atoms with E-state index in [-0.39, 0.29) is 34.8 Å². The zero-order valence-electron chi connectivity index (χ0n) is 22.2. The highest BCUT2D eigenvalue weighted by Gasteiger charge is 2.37. The molecule has 2 unspecified atom stereocenters. The van der Waals surface area contributed by atoms with Crippen molar-refractivity contribution in [3.8, 4) is 0 Å². The van der Waals surface area contributed by atoms with E-state index >= 15 is 0 Å². The highest BCUT2D eigenvalue weighted by atomic mass is 32.2. The molecule has 0 aromatic heterocycles. The van der Waals surface area contributed by atoms with E-state index < -0.39 is 10.0 Å². The first-order valence-corrected chi connectivity index (χ1v) is 14.4. The molecule has 1 saturated heterocycles. The second-order valence-corrected chi connectivity index (χ2v) is 11.6. The summed E-state index contributed by atoms with van der Waals surface area (Å²) in [5.74, 6) is -0.458. The predicted molar refractivity (Wildman–Crippen MR) is 149 cm³/mol. The lowest BCUT2D eigenvalue weighted by molar-refractivity contribution is -0.112. The van der Waals surface area contributed by atoms with E-state index in [1.165, 1.54) is 6.07 Å². The first-order valence-electron chi connectivity index (χ1n) is 12.9. The van der Waals surface area contributed by atoms with Gasteiger partial charge in [0.1, 0.15) is 0 Å². The van der Waals surface area contributed by atoms with Gasteiger partial charge in [0.15, 0.2) is 0 Å². The van der Waals surface area contributed by atoms with Crippen LogP contribution in [0, 0.1) is 11.8 Å². The summed E-state index contributed by atoms with van der Waals surface area (Å²) in [6.07, 6.45) is 7.97. The molecule has 3 atom stereocenters. The number of piperidine rings is 1. The summed E-state index contributed by atoms with van der Waals surface area (Å²) in [6, 6.07) is 9.97. The van der Waals surface area contributed by atoms with E-state index in [1.807, 2.05) is 51.1 Å². The summed E-state index contributed by atoms with van der Waals surface area (Å²) < 4.78 is 35.3. The average molecular weight is 538 g/mol. The van der Waals surface area contributed by atoms with E-state index in [9.17, 15) is 18.0 Å². The zero-order chi connectivity index (χ0) is 27.4. The van der Waals surface area contributed by atoms with Gasteiger partial charge in [-0.1, -0.05) is 62.4 Å². The Labute approximate surface area is 224 Å². The third-order valence-corrected chi connectivity index (χ3v) is 8.61. The molecule has 8 nitrogen and oxygen atoms in total. The van der Waals surface area contributed by atoms with Gasteiger partial charge in [-0.2, -0.15) is 0 Å². The van der Waals surface area contributed by atoms with Crippen molar-refractivity contribution < 1.29 is 22.7 Å². The van der Waals surface area contributed by atoms with Gasteiger partial charge in [0.25, 0.3) is 5.91 Å². The van der Waals surface area contributed by atoms with Gasteiger partial charge in [0, 0.05) is 41.2 Å². The van der Waals surface area contributed by atoms with Crippen molar-refractivity contribution in [1.29, 1.82) is 0 Å². The Morgan fingerprint density at radius 1 is 1.05 bits per heavy atom. The van der Waals surface area contributed by atoms with Crippen LogP contribution in [0.1, 0.15) is 34.1 Å². The molecule has 0 spiro atoms. The quantitative estimate of drug-likeness (QED) is 0.540. The fraction of sp³-hybridized carbons (Fsp3) is 0.379. The summed E-state index contributed by atoms with van der Waals surface area (Å²) >= 11 is 0. The van der Waals surface area contributed by atoms with Crippen LogP contribution in [-0.4, -0.2) is 51.1 Å². The molecule has 2 aromatic rings. The van der Waals surface area contributed by atoms with Gasteiger partial charge < -0.3 is 15.0 Å². The van der Waals surface area contributed by atoms with Crippen molar-refractivity contribution in [3.63, 3.8) is 0 Å². The molecule has 1 aliphatic carbocycles. The fourth-order valence-electron chi connectivity index (χ4n) is 5.20. The van der Waals surface area contributed by atoms with E-state index in [2.05, 4.69) is 10.0 Å². The molecular weight excluding hydrogens is 502 g/mol. The first kappa shape index (κ1) is 27.6. The summed E-state index contributed by atoms with van der Waals surface area (Å²) in [5.41, 5.74) is 2.00. The van der Waals surface area contributed by atoms with Crippen LogP contribution in [0.2, 0.25) is 0 Å². The number of amides is 2. The highest BCUT2D eigenvalue weighted by molar-refractivity contribution is 7.89. The fourth-order valence-corrected chi connectivity index (χ4v) is 6.86. The molecule has 1 fully saturated rings. The number of carbonyl (C=O) groups is 2. The van der Waals surface area contributed by atoms with E-state index in [0.29, 0.717) is 48.2 Å². The van der Waals surface area contributed by atoms with Crippen LogP contribution >= 0.6 is 0 Å². The molecule has 4 rings (SSSR count). The Morgan fingerprint density at radius 3 is 2.42 bits per heavy atom. The second-order valence-electron chi connectivity index (χ2n) is 9.95. The molecule has 2 N–H and O–H groups in total. The van der Waals surface area contributed by atoms with Crippen LogP contribution in [0.3, 0.4) is 0 Å². The number of rotatable bonds is 6. The second kappa shape index (κ2) is 11.5. The normalized spacial score (nSPS) is 21.9. The standard InChI is InChI=1S/C29H35N3O5S/c1-5-37-29(34)32-17-20(3)27(21(4)18-32)31-38(35,36)26-16-15-25(23-13-9-10-14-24(23)26)30-28(33)22-12-8-6-7-11-19(22)2/h6-7,9-16,20-21,27,31H,5,8,17-18H2,1-4H3,(H,30,33)/t20-,21?,27?/m1/s1. The van der Waals surface area contributed by atoms with Crippen LogP contribution < -0.4 is 10.0 Å². The Balaban J connectivity index is 1.59. The van der Waals surface area contributed by atoms with Crippen molar-refractivity contribution in [1.82, 2.24) is 9.62 Å². The van der Waals surface area contributed by atoms with Gasteiger partial charge in [-0.05, 0) is 49.8 Å². The van der Waals surface area contributed by atoms with Crippen molar-refractivity contribution in [2.24, 2.45) is 11.8 Å². The topological polar surface area (TPSA) is 105 Å². The monoisotopic (exact) mass is 537 g/mol. The Morgan fingerprint density at radius 2 is 1.74 bits per heavy atom. The van der Waals surface area contributed by atoms with E-state index in [1.54, 1.807) is 36.1 Å². The lowest BCUT2D eigenvalue weighted by Gasteiger charge is -2.40. The molecule has 2 aliphatic rings. The molecule has 0 bridgehead atoms. The smallest absolute Gasteiger partial charge is 0.409 e. The maximum atomic E-state index is 13.7. The van der Waals surface area contributed by atoms with E-state index in [4.69, 9.17) is 4.74 Å². The molecule has 1 heterocycles. The number of sulfonamides is 1. The van der Waals surface area contributed by atoms with Crippen LogP contribution in [0.5, 0.6) is 0 Å². The Bertz CT molecular complexity index is 1410. The third kappa shape index (κ3) is 5.84. The van der Waals surface area contributed by atoms with Crippen LogP contribution in [0.15, 0.2) is 76.7 Å². The number of nitrogens with zero attached hydrogens (tertiary/aromatic N) is 1. The molecule has 38 heavy (non-hydrogen) atoms. The summed E-state index contributed by atoms with van der Waals surface area (Å²) in [6.45, 7) is 8.61. The van der Waals surface area contributed by atoms with Crippen molar-refractivity contribution in [3.05, 3.63) is 71.8 Å². The number of hydrogen-bond acceptors (Lipinski definition) is 5. The molecule has 202 valence electrons. The minimum atomic E-state index is -3.91. The SMILES string of the molecule is CCOC(=O)N1CC(C)C(NS(=O)(=O)c2ccc(NC(=O)C3=CCC=CC=C3C)c3ccccc23)[C@H](C)C1. The van der Waals surface area contributed by atoms with Crippen molar-refractivity contribution in [2.75, 3.05) is 25.0 Å². The van der Waals surface area contributed by atoms with Gasteiger partial charge in [0.2, 0.25) is 10.0 Å². The molecule has 9 heteroatoms. The Kier molecular flexibility index (Phi) is 8.38. The molecular formula is C29H35N3O5S. The number of likely N-dealkylation sites (tertiary alicyclic amines) is 1. The first-order chi connectivity index (χ1) is 18.1. The molecule has 1 aliphatic heterocycles. The largest absolute Gasteiger partial charge is 0.450 e. The van der Waals surface area contributed by atoms with Gasteiger partial charge in [0.05, 0.1) is 11.5 Å². The van der Waals surface area contributed by atoms with E-state index in [0.717, 1.165) is 5.57 Å². The van der Waals surface area contributed by atoms with Crippen LogP contribution in [-0.2, 0) is 19.6 Å². The number of ether oxygens (including phenoxy) is 1. The zero-order valence-corrected chi connectivity index (χ0v) is 23.0. The lowest BCUT2D eigenvalue weighted by Crippen LogP contribution is -2.56. The predicted octanol–water partition coefficient (Wildman–Crippen LogP) is 5.00. The van der Waals surface area contributed by atoms with Gasteiger partial charge in [-0.3, -0.25) is 4.79 Å². The summed E-state index contributed by atoms with van der Waals surface area (Å²) in [5, 5.41) is 4.13. The van der Waals surface area contributed by atoms with Crippen molar-refractivity contribution >= 4 is 38.5 Å². The average Bonchev–Trinajstić information content (AvgIpc) is 3.10. The Hall–Kier alpha value is -3.43. The molecule has 2 amide bonds. The minimum absolute atomic E-state index is 0.110. The van der Waals surface area contributed by atoms with Gasteiger partial charge >= 0.3 is 6.09 Å². The number of benzene rings is 2. The minimum Gasteiger partial charge on any atom is -0.450 e. The number of allylic oxidation sites excluding steroid dienone is 4. The maximum absolute atomic E-state index is 13.7. The third-order valence-electron chi connectivity index (χ3n) is 7.09. The van der Waals surface area contributed by atoms with Crippen LogP contribution in [0.25, 0.3) is 10.8 Å². The van der Waals surface area contributed by atoms with Gasteiger partial charge in [-0.25, -0.2) is 17.9 Å².